The smallest absolute Gasteiger partial charge is 0.130 e. The van der Waals surface area contributed by atoms with Gasteiger partial charge in [-0.15, -0.1) is 0 Å². The van der Waals surface area contributed by atoms with Gasteiger partial charge in [0.25, 0.3) is 0 Å². The molecule has 2 atom stereocenters. The maximum atomic E-state index is 6.59. The number of benzene rings is 2. The number of nitrogens with one attached hydrogen (secondary N) is 1. The summed E-state index contributed by atoms with van der Waals surface area (Å²) in [6.07, 6.45) is 9.80. The summed E-state index contributed by atoms with van der Waals surface area (Å²) in [5.74, 6) is 1.53. The highest BCUT2D eigenvalue weighted by Gasteiger charge is 2.23. The number of hydrogen-bond donors (Lipinski definition) is 1. The second-order valence-corrected chi connectivity index (χ2v) is 10.7. The summed E-state index contributed by atoms with van der Waals surface area (Å²) in [5.41, 5.74) is 5.33. The maximum Gasteiger partial charge on any atom is 0.130 e. The van der Waals surface area contributed by atoms with E-state index in [-0.39, 0.29) is 5.41 Å². The summed E-state index contributed by atoms with van der Waals surface area (Å²) in [5, 5.41) is 6.04. The molecule has 1 aliphatic rings. The third-order valence-corrected chi connectivity index (χ3v) is 6.85. The van der Waals surface area contributed by atoms with Crippen LogP contribution in [0.25, 0.3) is 0 Å². The molecule has 3 heteroatoms. The molecule has 0 bridgehead atoms. The lowest BCUT2D eigenvalue weighted by molar-refractivity contribution is 0.271. The Morgan fingerprint density at radius 2 is 1.83 bits per heavy atom. The van der Waals surface area contributed by atoms with E-state index in [1.807, 2.05) is 7.05 Å². The van der Waals surface area contributed by atoms with E-state index in [0.29, 0.717) is 14.5 Å². The van der Waals surface area contributed by atoms with Crippen LogP contribution in [0, 0.1) is 19.8 Å². The summed E-state index contributed by atoms with van der Waals surface area (Å²) in [7, 11) is 2.59. The summed E-state index contributed by atoms with van der Waals surface area (Å²) in [6, 6.07) is 11.4. The molecule has 0 aliphatic heterocycles. The van der Waals surface area contributed by atoms with Crippen molar-refractivity contribution in [3.05, 3.63) is 76.9 Å². The minimum absolute atomic E-state index is 0.0317. The fourth-order valence-electron chi connectivity index (χ4n) is 3.85. The van der Waals surface area contributed by atoms with Gasteiger partial charge in [-0.2, -0.15) is 0 Å². The molecule has 0 fully saturated rings. The van der Waals surface area contributed by atoms with Crippen LogP contribution in [0.2, 0.25) is 0 Å². The zero-order valence-corrected chi connectivity index (χ0v) is 20.3. The molecule has 0 radical (unpaired) electrons. The number of allylic oxidation sites excluding steroid dienone is 3. The Bertz CT molecular complexity index is 937. The van der Waals surface area contributed by atoms with E-state index in [4.69, 9.17) is 4.74 Å². The molecule has 0 heterocycles. The van der Waals surface area contributed by atoms with Crippen molar-refractivity contribution in [2.24, 2.45) is 5.92 Å². The predicted molar refractivity (Wildman–Crippen MR) is 133 cm³/mol. The zero-order valence-electron chi connectivity index (χ0n) is 19.3. The van der Waals surface area contributed by atoms with E-state index in [9.17, 15) is 0 Å². The Kier molecular flexibility index (Phi) is 7.55. The average Bonchev–Trinajstić information content (AvgIpc) is 2.69. The molecule has 2 aromatic rings. The molecule has 1 N–H and O–H groups in total. The third-order valence-electron chi connectivity index (χ3n) is 5.45. The highest BCUT2D eigenvalue weighted by Crippen LogP contribution is 2.35. The first-order chi connectivity index (χ1) is 14.3. The Morgan fingerprint density at radius 3 is 2.50 bits per heavy atom. The van der Waals surface area contributed by atoms with Crippen LogP contribution >= 0.6 is 8.58 Å². The van der Waals surface area contributed by atoms with Crippen LogP contribution < -0.4 is 20.7 Å². The normalized spacial score (nSPS) is 16.5. The fourth-order valence-corrected chi connectivity index (χ4v) is 5.25. The second kappa shape index (κ2) is 9.94. The van der Waals surface area contributed by atoms with Crippen LogP contribution in [0.1, 0.15) is 49.4 Å². The number of aryl methyl sites for hydroxylation is 2. The van der Waals surface area contributed by atoms with Crippen molar-refractivity contribution in [2.75, 3.05) is 13.7 Å². The van der Waals surface area contributed by atoms with Crippen LogP contribution in [-0.4, -0.2) is 13.7 Å². The molecule has 30 heavy (non-hydrogen) atoms. The van der Waals surface area contributed by atoms with E-state index in [1.54, 1.807) is 0 Å². The number of rotatable bonds is 7. The van der Waals surface area contributed by atoms with Crippen molar-refractivity contribution in [1.29, 1.82) is 0 Å². The first kappa shape index (κ1) is 22.8. The first-order valence-electron chi connectivity index (χ1n) is 10.9. The van der Waals surface area contributed by atoms with E-state index in [2.05, 4.69) is 94.6 Å². The Morgan fingerprint density at radius 1 is 1.03 bits per heavy atom. The predicted octanol–water partition coefficient (Wildman–Crippen LogP) is 5.46. The molecular formula is C27H36NOP. The lowest BCUT2D eigenvalue weighted by atomic mass is 9.85. The highest BCUT2D eigenvalue weighted by atomic mass is 31.1. The van der Waals surface area contributed by atoms with Gasteiger partial charge in [-0.1, -0.05) is 83.5 Å². The van der Waals surface area contributed by atoms with E-state index < -0.39 is 0 Å². The van der Waals surface area contributed by atoms with Gasteiger partial charge in [-0.05, 0) is 55.2 Å². The van der Waals surface area contributed by atoms with Crippen molar-refractivity contribution in [3.63, 3.8) is 0 Å². The Balaban J connectivity index is 1.99. The molecule has 3 rings (SSSR count). The van der Waals surface area contributed by atoms with Gasteiger partial charge in [0.2, 0.25) is 0 Å². The Hall–Kier alpha value is -1.89. The summed E-state index contributed by atoms with van der Waals surface area (Å²) in [4.78, 5) is 0. The van der Waals surface area contributed by atoms with Crippen molar-refractivity contribution in [1.82, 2.24) is 5.32 Å². The van der Waals surface area contributed by atoms with Crippen LogP contribution in [0.5, 0.6) is 5.75 Å². The lowest BCUT2D eigenvalue weighted by Crippen LogP contribution is -2.23. The van der Waals surface area contributed by atoms with Crippen LogP contribution in [0.15, 0.2) is 54.6 Å². The van der Waals surface area contributed by atoms with Crippen molar-refractivity contribution < 1.29 is 4.74 Å². The molecular weight excluding hydrogens is 385 g/mol. The van der Waals surface area contributed by atoms with E-state index >= 15 is 0 Å². The first-order valence-corrected chi connectivity index (χ1v) is 11.9. The highest BCUT2D eigenvalue weighted by molar-refractivity contribution is 7.55. The summed E-state index contributed by atoms with van der Waals surface area (Å²) in [6.45, 7) is 12.8. The van der Waals surface area contributed by atoms with E-state index in [0.717, 1.165) is 25.3 Å². The van der Waals surface area contributed by atoms with Gasteiger partial charge in [-0.3, -0.25) is 0 Å². The molecule has 2 aromatic carbocycles. The van der Waals surface area contributed by atoms with Gasteiger partial charge in [0.1, 0.15) is 5.75 Å². The number of hydrogen-bond acceptors (Lipinski definition) is 2. The topological polar surface area (TPSA) is 21.3 Å². The minimum Gasteiger partial charge on any atom is -0.492 e. The van der Waals surface area contributed by atoms with E-state index in [1.165, 1.54) is 32.9 Å². The summed E-state index contributed by atoms with van der Waals surface area (Å²) < 4.78 is 6.59. The molecule has 0 amide bonds. The van der Waals surface area contributed by atoms with Crippen molar-refractivity contribution in [2.45, 2.75) is 53.0 Å². The van der Waals surface area contributed by atoms with Crippen LogP contribution in [0.4, 0.5) is 0 Å². The molecule has 0 saturated heterocycles. The molecule has 0 aromatic heterocycles. The maximum absolute atomic E-state index is 6.59. The monoisotopic (exact) mass is 421 g/mol. The fraction of sp³-hybridized carbons (Fsp3) is 0.407. The van der Waals surface area contributed by atoms with Gasteiger partial charge >= 0.3 is 0 Å². The summed E-state index contributed by atoms with van der Waals surface area (Å²) >= 11 is 0. The average molecular weight is 422 g/mol. The Labute approximate surface area is 184 Å². The quantitative estimate of drug-likeness (QED) is 0.600. The zero-order chi connectivity index (χ0) is 21.7. The SMILES string of the molecule is CNCc1cc(C)ccc1Pc1cc(C)cc(C(C)(C)C)c1OCC1C=CC=CC1. The van der Waals surface area contributed by atoms with Gasteiger partial charge in [-0.25, -0.2) is 0 Å². The van der Waals surface area contributed by atoms with Gasteiger partial charge in [0, 0.05) is 23.3 Å². The van der Waals surface area contributed by atoms with Gasteiger partial charge in [0.15, 0.2) is 0 Å². The minimum atomic E-state index is 0.0317. The third kappa shape index (κ3) is 5.84. The standard InChI is InChI=1S/C27H36NOP/c1-19-12-13-24(22(14-19)17-28-6)30-25-16-20(2)15-23(27(3,4)5)26(25)29-18-21-10-8-7-9-11-21/h7-10,12-16,21,28,30H,11,17-18H2,1-6H3. The van der Waals surface area contributed by atoms with Crippen molar-refractivity contribution in [3.8, 4) is 5.75 Å². The van der Waals surface area contributed by atoms with Crippen LogP contribution in [-0.2, 0) is 12.0 Å². The van der Waals surface area contributed by atoms with Crippen LogP contribution in [0.3, 0.4) is 0 Å². The molecule has 2 nitrogen and oxygen atoms in total. The largest absolute Gasteiger partial charge is 0.492 e. The molecule has 1 aliphatic carbocycles. The number of ether oxygens (including phenoxy) is 1. The molecule has 160 valence electrons. The second-order valence-electron chi connectivity index (χ2n) is 9.37. The van der Waals surface area contributed by atoms with Crippen molar-refractivity contribution >= 4 is 19.2 Å². The molecule has 0 spiro atoms. The van der Waals surface area contributed by atoms with Gasteiger partial charge < -0.3 is 10.1 Å². The molecule has 2 unspecified atom stereocenters. The molecule has 0 saturated carbocycles. The lowest BCUT2D eigenvalue weighted by Gasteiger charge is -2.27. The van der Waals surface area contributed by atoms with Gasteiger partial charge in [0.05, 0.1) is 6.61 Å².